The Hall–Kier alpha value is -0.765. The summed E-state index contributed by atoms with van der Waals surface area (Å²) in [7, 11) is 5.43. The lowest BCUT2D eigenvalue weighted by Crippen LogP contribution is -2.04. The van der Waals surface area contributed by atoms with Gasteiger partial charge in [-0.3, -0.25) is 0 Å². The van der Waals surface area contributed by atoms with E-state index in [2.05, 4.69) is 0 Å². The highest BCUT2D eigenvalue weighted by Gasteiger charge is 2.09. The summed E-state index contributed by atoms with van der Waals surface area (Å²) in [5.74, 6) is -0.904. The van der Waals surface area contributed by atoms with Crippen molar-refractivity contribution in [3.8, 4) is 0 Å². The highest BCUT2D eigenvalue weighted by molar-refractivity contribution is 7.13. The van der Waals surface area contributed by atoms with Crippen molar-refractivity contribution in [2.75, 3.05) is 0 Å². The fourth-order valence-corrected chi connectivity index (χ4v) is 1.46. The van der Waals surface area contributed by atoms with E-state index in [0.717, 1.165) is 11.3 Å². The smallest absolute Gasteiger partial charge is 0.346 e. The van der Waals surface area contributed by atoms with Crippen molar-refractivity contribution >= 4 is 30.6 Å². The van der Waals surface area contributed by atoms with E-state index >= 15 is 0 Å². The number of aromatic carboxylic acids is 1. The van der Waals surface area contributed by atoms with Gasteiger partial charge in [0.15, 0.2) is 0 Å². The van der Waals surface area contributed by atoms with Crippen molar-refractivity contribution < 1.29 is 9.90 Å². The minimum absolute atomic E-state index is 0.331. The van der Waals surface area contributed by atoms with Gasteiger partial charge in [-0.1, -0.05) is 5.46 Å². The second-order valence-corrected chi connectivity index (χ2v) is 2.83. The molecule has 0 unspecified atom stereocenters. The zero-order valence-corrected chi connectivity index (χ0v) is 6.23. The normalized spacial score (nSPS) is 9.70. The van der Waals surface area contributed by atoms with Gasteiger partial charge in [0.25, 0.3) is 0 Å². The van der Waals surface area contributed by atoms with Crippen LogP contribution >= 0.6 is 11.3 Å². The number of carboxylic acids is 1. The largest absolute Gasteiger partial charge is 0.477 e. The molecule has 1 rings (SSSR count). The Morgan fingerprint density at radius 1 is 1.80 bits per heavy atom. The summed E-state index contributed by atoms with van der Waals surface area (Å²) in [6, 6.07) is 0. The molecule has 0 aliphatic carbocycles. The van der Waals surface area contributed by atoms with Crippen LogP contribution in [0.25, 0.3) is 0 Å². The lowest BCUT2D eigenvalue weighted by Gasteiger charge is -1.90. The molecule has 0 saturated heterocycles. The molecular formula is C6H5BO2S. The molecule has 0 aliphatic rings. The Labute approximate surface area is 63.9 Å². The van der Waals surface area contributed by atoms with E-state index in [4.69, 9.17) is 13.0 Å². The molecule has 0 aliphatic heterocycles. The zero-order chi connectivity index (χ0) is 7.72. The van der Waals surface area contributed by atoms with Crippen LogP contribution < -0.4 is 5.46 Å². The third-order valence-corrected chi connectivity index (χ3v) is 2.36. The van der Waals surface area contributed by atoms with Crippen molar-refractivity contribution in [2.45, 2.75) is 6.92 Å². The number of hydrogen-bond acceptors (Lipinski definition) is 2. The van der Waals surface area contributed by atoms with E-state index in [1.54, 1.807) is 12.3 Å². The maximum Gasteiger partial charge on any atom is 0.346 e. The summed E-state index contributed by atoms with van der Waals surface area (Å²) in [5, 5.41) is 10.2. The van der Waals surface area contributed by atoms with Crippen molar-refractivity contribution in [2.24, 2.45) is 0 Å². The highest BCUT2D eigenvalue weighted by atomic mass is 32.1. The number of rotatable bonds is 1. The zero-order valence-electron chi connectivity index (χ0n) is 5.42. The summed E-state index contributed by atoms with van der Waals surface area (Å²) in [5.41, 5.74) is 1.22. The van der Waals surface area contributed by atoms with Crippen molar-refractivity contribution in [1.82, 2.24) is 0 Å². The number of carbonyl (C=O) groups is 1. The molecule has 0 atom stereocenters. The molecular weight excluding hydrogens is 147 g/mol. The van der Waals surface area contributed by atoms with Crippen LogP contribution in [0.2, 0.25) is 0 Å². The van der Waals surface area contributed by atoms with E-state index in [1.165, 1.54) is 0 Å². The molecule has 2 radical (unpaired) electrons. The molecule has 4 heteroatoms. The molecule has 2 nitrogen and oxygen atoms in total. The first kappa shape index (κ1) is 7.34. The maximum absolute atomic E-state index is 10.4. The second-order valence-electron chi connectivity index (χ2n) is 1.95. The van der Waals surface area contributed by atoms with Crippen LogP contribution in [-0.2, 0) is 0 Å². The Kier molecular flexibility index (Phi) is 1.81. The van der Waals surface area contributed by atoms with Crippen LogP contribution in [0, 0.1) is 6.92 Å². The highest BCUT2D eigenvalue weighted by Crippen LogP contribution is 2.11. The molecule has 0 aromatic carbocycles. The van der Waals surface area contributed by atoms with E-state index in [-0.39, 0.29) is 0 Å². The molecule has 0 spiro atoms. The van der Waals surface area contributed by atoms with Crippen LogP contribution in [-0.4, -0.2) is 18.9 Å². The summed E-state index contributed by atoms with van der Waals surface area (Å²) in [6.07, 6.45) is 0. The Balaban J connectivity index is 3.17. The van der Waals surface area contributed by atoms with Crippen LogP contribution in [0.1, 0.15) is 15.2 Å². The topological polar surface area (TPSA) is 37.3 Å². The Morgan fingerprint density at radius 2 is 2.40 bits per heavy atom. The fraction of sp³-hybridized carbons (Fsp3) is 0.167. The van der Waals surface area contributed by atoms with Crippen molar-refractivity contribution in [3.63, 3.8) is 0 Å². The van der Waals surface area contributed by atoms with Gasteiger partial charge in [-0.2, -0.15) is 0 Å². The first-order chi connectivity index (χ1) is 4.63. The van der Waals surface area contributed by atoms with E-state index in [9.17, 15) is 4.79 Å². The minimum atomic E-state index is -0.904. The van der Waals surface area contributed by atoms with Gasteiger partial charge in [-0.05, 0) is 17.9 Å². The van der Waals surface area contributed by atoms with Gasteiger partial charge in [0, 0.05) is 0 Å². The maximum atomic E-state index is 10.4. The molecule has 0 bridgehead atoms. The second kappa shape index (κ2) is 2.46. The molecule has 50 valence electrons. The van der Waals surface area contributed by atoms with E-state index in [0.29, 0.717) is 15.9 Å². The van der Waals surface area contributed by atoms with Crippen molar-refractivity contribution in [1.29, 1.82) is 0 Å². The van der Waals surface area contributed by atoms with Gasteiger partial charge in [0.1, 0.15) is 12.7 Å². The molecule has 0 amide bonds. The number of carboxylic acid groups (broad SMARTS) is 1. The standard InChI is InChI=1S/C6H5BO2S/c1-3-4(7)2-10-5(3)6(8)9/h2H,1H3,(H,8,9). The summed E-state index contributed by atoms with van der Waals surface area (Å²) >= 11 is 1.16. The van der Waals surface area contributed by atoms with Crippen LogP contribution in [0.4, 0.5) is 0 Å². The molecule has 0 saturated carbocycles. The van der Waals surface area contributed by atoms with Crippen molar-refractivity contribution in [3.05, 3.63) is 15.8 Å². The lowest BCUT2D eigenvalue weighted by molar-refractivity contribution is 0.0701. The molecule has 1 N–H and O–H groups in total. The number of thiophene rings is 1. The van der Waals surface area contributed by atoms with E-state index in [1.807, 2.05) is 0 Å². The average Bonchev–Trinajstić information content (AvgIpc) is 2.14. The quantitative estimate of drug-likeness (QED) is 0.596. The van der Waals surface area contributed by atoms with E-state index < -0.39 is 5.97 Å². The Bertz CT molecular complexity index is 267. The lowest BCUT2D eigenvalue weighted by atomic mass is 9.95. The van der Waals surface area contributed by atoms with Gasteiger partial charge in [0.2, 0.25) is 0 Å². The predicted octanol–water partition coefficient (Wildman–Crippen LogP) is 0.549. The van der Waals surface area contributed by atoms with Gasteiger partial charge in [0.05, 0.1) is 0 Å². The summed E-state index contributed by atoms with van der Waals surface area (Å²) in [4.78, 5) is 10.7. The summed E-state index contributed by atoms with van der Waals surface area (Å²) in [6.45, 7) is 1.70. The Morgan fingerprint density at radius 3 is 2.60 bits per heavy atom. The first-order valence-electron chi connectivity index (χ1n) is 2.69. The first-order valence-corrected chi connectivity index (χ1v) is 3.57. The minimum Gasteiger partial charge on any atom is -0.477 e. The molecule has 1 heterocycles. The van der Waals surface area contributed by atoms with Crippen LogP contribution in [0.3, 0.4) is 0 Å². The van der Waals surface area contributed by atoms with Gasteiger partial charge in [-0.25, -0.2) is 4.79 Å². The van der Waals surface area contributed by atoms with Gasteiger partial charge in [-0.15, -0.1) is 11.3 Å². The predicted molar refractivity (Wildman–Crippen MR) is 41.4 cm³/mol. The average molecular weight is 152 g/mol. The molecule has 0 fully saturated rings. The third-order valence-electron chi connectivity index (χ3n) is 1.27. The van der Waals surface area contributed by atoms with Crippen LogP contribution in [0.15, 0.2) is 5.38 Å². The fourth-order valence-electron chi connectivity index (χ4n) is 0.641. The van der Waals surface area contributed by atoms with Gasteiger partial charge >= 0.3 is 5.97 Å². The monoisotopic (exact) mass is 152 g/mol. The van der Waals surface area contributed by atoms with Crippen LogP contribution in [0.5, 0.6) is 0 Å². The van der Waals surface area contributed by atoms with Gasteiger partial charge < -0.3 is 5.11 Å². The molecule has 1 aromatic heterocycles. The SMILES string of the molecule is [B]c1csc(C(=O)O)c1C. The molecule has 10 heavy (non-hydrogen) atoms. The third kappa shape index (κ3) is 1.07. The number of hydrogen-bond donors (Lipinski definition) is 1. The molecule has 1 aromatic rings. The summed E-state index contributed by atoms with van der Waals surface area (Å²) < 4.78 is 0.